The van der Waals surface area contributed by atoms with Crippen molar-refractivity contribution in [2.45, 2.75) is 31.5 Å². The second-order valence-electron chi connectivity index (χ2n) is 6.93. The van der Waals surface area contributed by atoms with Crippen molar-refractivity contribution in [2.24, 2.45) is 5.92 Å². The predicted octanol–water partition coefficient (Wildman–Crippen LogP) is 5.85. The van der Waals surface area contributed by atoms with Gasteiger partial charge in [0.2, 0.25) is 0 Å². The SMILES string of the molecule is COc1ccc(C)c2c1N[C@H](c1ccccc1C(F)(F)F)[C@H]1CC=C[C@@H]21. The molecule has 0 fully saturated rings. The van der Waals surface area contributed by atoms with Crippen LogP contribution in [-0.4, -0.2) is 7.11 Å². The van der Waals surface area contributed by atoms with Gasteiger partial charge in [0.05, 0.1) is 24.4 Å². The normalized spacial score (nSPS) is 24.0. The zero-order valence-electron chi connectivity index (χ0n) is 14.6. The number of halogens is 3. The Morgan fingerprint density at radius 1 is 1.12 bits per heavy atom. The molecule has 2 aromatic carbocycles. The van der Waals surface area contributed by atoms with Crippen LogP contribution in [0.15, 0.2) is 48.6 Å². The Morgan fingerprint density at radius 3 is 2.62 bits per heavy atom. The summed E-state index contributed by atoms with van der Waals surface area (Å²) in [6, 6.07) is 9.32. The van der Waals surface area contributed by atoms with Gasteiger partial charge in [-0.3, -0.25) is 0 Å². The first-order chi connectivity index (χ1) is 12.4. The van der Waals surface area contributed by atoms with Gasteiger partial charge in [-0.25, -0.2) is 0 Å². The van der Waals surface area contributed by atoms with Crippen LogP contribution in [0.5, 0.6) is 5.75 Å². The first-order valence-electron chi connectivity index (χ1n) is 8.68. The maximum atomic E-state index is 13.6. The molecular weight excluding hydrogens is 339 g/mol. The van der Waals surface area contributed by atoms with Crippen molar-refractivity contribution in [1.29, 1.82) is 0 Å². The molecule has 0 amide bonds. The fraction of sp³-hybridized carbons (Fsp3) is 0.333. The highest BCUT2D eigenvalue weighted by Gasteiger charge is 2.43. The van der Waals surface area contributed by atoms with E-state index in [2.05, 4.69) is 17.5 Å². The molecule has 1 aliphatic heterocycles. The summed E-state index contributed by atoms with van der Waals surface area (Å²) in [5.74, 6) is 0.809. The molecule has 5 heteroatoms. The number of benzene rings is 2. The summed E-state index contributed by atoms with van der Waals surface area (Å²) >= 11 is 0. The minimum atomic E-state index is -4.38. The van der Waals surface area contributed by atoms with Crippen LogP contribution in [0, 0.1) is 12.8 Å². The first-order valence-corrected chi connectivity index (χ1v) is 8.68. The minimum absolute atomic E-state index is 0.0526. The molecule has 0 unspecified atom stereocenters. The van der Waals surface area contributed by atoms with E-state index < -0.39 is 17.8 Å². The number of hydrogen-bond donors (Lipinski definition) is 1. The van der Waals surface area contributed by atoms with Crippen molar-refractivity contribution in [1.82, 2.24) is 0 Å². The third-order valence-corrected chi connectivity index (χ3v) is 5.52. The van der Waals surface area contributed by atoms with Crippen molar-refractivity contribution in [3.05, 3.63) is 70.8 Å². The lowest BCUT2D eigenvalue weighted by Gasteiger charge is -2.39. The lowest BCUT2D eigenvalue weighted by molar-refractivity contribution is -0.138. The molecule has 26 heavy (non-hydrogen) atoms. The van der Waals surface area contributed by atoms with Gasteiger partial charge in [0.25, 0.3) is 0 Å². The summed E-state index contributed by atoms with van der Waals surface area (Å²) in [6.07, 6.45) is 0.579. The smallest absolute Gasteiger partial charge is 0.416 e. The molecule has 1 aliphatic carbocycles. The topological polar surface area (TPSA) is 21.3 Å². The van der Waals surface area contributed by atoms with Crippen LogP contribution in [0.25, 0.3) is 0 Å². The van der Waals surface area contributed by atoms with Crippen molar-refractivity contribution >= 4 is 5.69 Å². The van der Waals surface area contributed by atoms with Crippen LogP contribution in [0.4, 0.5) is 18.9 Å². The fourth-order valence-corrected chi connectivity index (χ4v) is 4.37. The van der Waals surface area contributed by atoms with E-state index in [1.54, 1.807) is 19.2 Å². The molecule has 2 aromatic rings. The molecule has 0 radical (unpaired) electrons. The van der Waals surface area contributed by atoms with Crippen molar-refractivity contribution in [3.63, 3.8) is 0 Å². The van der Waals surface area contributed by atoms with E-state index in [9.17, 15) is 13.2 Å². The Hall–Kier alpha value is -2.43. The quantitative estimate of drug-likeness (QED) is 0.679. The number of ether oxygens (including phenoxy) is 1. The third kappa shape index (κ3) is 2.57. The van der Waals surface area contributed by atoms with E-state index in [1.807, 2.05) is 19.1 Å². The van der Waals surface area contributed by atoms with Gasteiger partial charge in [-0.1, -0.05) is 36.4 Å². The lowest BCUT2D eigenvalue weighted by atomic mass is 9.74. The van der Waals surface area contributed by atoms with Gasteiger partial charge < -0.3 is 10.1 Å². The van der Waals surface area contributed by atoms with Crippen LogP contribution < -0.4 is 10.1 Å². The Balaban J connectivity index is 1.88. The molecule has 0 saturated carbocycles. The monoisotopic (exact) mass is 359 g/mol. The largest absolute Gasteiger partial charge is 0.495 e. The van der Waals surface area contributed by atoms with Crippen LogP contribution in [0.2, 0.25) is 0 Å². The van der Waals surface area contributed by atoms with E-state index in [1.165, 1.54) is 6.07 Å². The van der Waals surface area contributed by atoms with Crippen molar-refractivity contribution < 1.29 is 17.9 Å². The van der Waals surface area contributed by atoms with E-state index >= 15 is 0 Å². The van der Waals surface area contributed by atoms with E-state index in [4.69, 9.17) is 4.74 Å². The number of rotatable bonds is 2. The molecule has 0 saturated heterocycles. The van der Waals surface area contributed by atoms with E-state index in [0.717, 1.165) is 29.3 Å². The van der Waals surface area contributed by atoms with Crippen molar-refractivity contribution in [2.75, 3.05) is 12.4 Å². The third-order valence-electron chi connectivity index (χ3n) is 5.52. The first kappa shape index (κ1) is 17.0. The number of anilines is 1. The number of hydrogen-bond acceptors (Lipinski definition) is 2. The molecule has 0 spiro atoms. The van der Waals surface area contributed by atoms with Crippen LogP contribution >= 0.6 is 0 Å². The van der Waals surface area contributed by atoms with Gasteiger partial charge in [-0.05, 0) is 48.1 Å². The number of nitrogens with one attached hydrogen (secondary N) is 1. The second kappa shape index (κ2) is 6.08. The van der Waals surface area contributed by atoms with Gasteiger partial charge in [-0.15, -0.1) is 0 Å². The average molecular weight is 359 g/mol. The van der Waals surface area contributed by atoms with Gasteiger partial charge in [0, 0.05) is 5.92 Å². The highest BCUT2D eigenvalue weighted by Crippen LogP contribution is 2.54. The lowest BCUT2D eigenvalue weighted by Crippen LogP contribution is -2.31. The Morgan fingerprint density at radius 2 is 1.88 bits per heavy atom. The molecule has 2 aliphatic rings. The molecule has 1 heterocycles. The Labute approximate surface area is 150 Å². The van der Waals surface area contributed by atoms with Crippen LogP contribution in [0.3, 0.4) is 0 Å². The highest BCUT2D eigenvalue weighted by atomic mass is 19.4. The molecule has 1 N–H and O–H groups in total. The van der Waals surface area contributed by atoms with Gasteiger partial charge >= 0.3 is 6.18 Å². The Kier molecular flexibility index (Phi) is 3.98. The fourth-order valence-electron chi connectivity index (χ4n) is 4.37. The molecule has 4 rings (SSSR count). The van der Waals surface area contributed by atoms with Gasteiger partial charge in [0.15, 0.2) is 0 Å². The summed E-state index contributed by atoms with van der Waals surface area (Å²) in [4.78, 5) is 0. The second-order valence-corrected chi connectivity index (χ2v) is 6.93. The number of aryl methyl sites for hydroxylation is 1. The number of alkyl halides is 3. The molecule has 0 bridgehead atoms. The number of fused-ring (bicyclic) bond motifs is 3. The molecular formula is C21H20F3NO. The summed E-state index contributed by atoms with van der Waals surface area (Å²) in [5, 5.41) is 3.39. The number of methoxy groups -OCH3 is 1. The molecule has 2 nitrogen and oxygen atoms in total. The summed E-state index contributed by atoms with van der Waals surface area (Å²) in [5.41, 5.74) is 2.79. The van der Waals surface area contributed by atoms with Crippen molar-refractivity contribution in [3.8, 4) is 5.75 Å². The molecule has 0 aromatic heterocycles. The van der Waals surface area contributed by atoms with Gasteiger partial charge in [0.1, 0.15) is 5.75 Å². The van der Waals surface area contributed by atoms with E-state index in [-0.39, 0.29) is 11.8 Å². The highest BCUT2D eigenvalue weighted by molar-refractivity contribution is 5.70. The minimum Gasteiger partial charge on any atom is -0.495 e. The predicted molar refractivity (Wildman–Crippen MR) is 95.5 cm³/mol. The zero-order chi connectivity index (χ0) is 18.5. The maximum Gasteiger partial charge on any atom is 0.416 e. The van der Waals surface area contributed by atoms with Gasteiger partial charge in [-0.2, -0.15) is 13.2 Å². The Bertz CT molecular complexity index is 872. The summed E-state index contributed by atoms with van der Waals surface area (Å²) in [6.45, 7) is 2.03. The summed E-state index contributed by atoms with van der Waals surface area (Å²) < 4.78 is 46.2. The van der Waals surface area contributed by atoms with E-state index in [0.29, 0.717) is 11.3 Å². The van der Waals surface area contributed by atoms with Crippen LogP contribution in [0.1, 0.15) is 40.6 Å². The molecule has 136 valence electrons. The molecule has 3 atom stereocenters. The van der Waals surface area contributed by atoms with Crippen LogP contribution in [-0.2, 0) is 6.18 Å². The summed E-state index contributed by atoms with van der Waals surface area (Å²) in [7, 11) is 1.59. The maximum absolute atomic E-state index is 13.6. The number of allylic oxidation sites excluding steroid dienone is 2. The zero-order valence-corrected chi connectivity index (χ0v) is 14.6. The average Bonchev–Trinajstić information content (AvgIpc) is 3.10. The standard InChI is InChI=1S/C21H20F3NO/c1-12-10-11-17(26-2)20-18(12)13-7-5-8-14(13)19(25-20)15-6-3-4-9-16(15)21(22,23)24/h3-7,9-11,13-14,19,25H,8H2,1-2H3/t13-,14+,19+/m1/s1.